The number of nitrogens with zero attached hydrogens (tertiary/aromatic N) is 1. The Kier molecular flexibility index (Phi) is 2.33. The molecule has 0 aromatic rings. The SMILES string of the molecule is CCOC(=O)N1C2CC(CN)CC1C1OC12. The zero-order valence-electron chi connectivity index (χ0n) is 9.46. The third-order valence-corrected chi connectivity index (χ3v) is 4.00. The number of morpholine rings is 1. The van der Waals surface area contributed by atoms with Crippen LogP contribution in [-0.4, -0.2) is 48.4 Å². The minimum Gasteiger partial charge on any atom is -0.450 e. The molecule has 4 atom stereocenters. The molecular formula is C11H18N2O3. The molecule has 0 aromatic carbocycles. The van der Waals surface area contributed by atoms with Gasteiger partial charge < -0.3 is 15.2 Å². The van der Waals surface area contributed by atoms with Crippen molar-refractivity contribution < 1.29 is 14.3 Å². The maximum atomic E-state index is 11.8. The number of hydrogen-bond acceptors (Lipinski definition) is 4. The lowest BCUT2D eigenvalue weighted by atomic mass is 9.90. The Morgan fingerprint density at radius 3 is 2.56 bits per heavy atom. The van der Waals surface area contributed by atoms with Gasteiger partial charge in [0.1, 0.15) is 12.2 Å². The number of ether oxygens (including phenoxy) is 2. The molecule has 0 aromatic heterocycles. The number of piperidine rings is 1. The Balaban J connectivity index is 1.75. The Morgan fingerprint density at radius 2 is 2.06 bits per heavy atom. The lowest BCUT2D eigenvalue weighted by molar-refractivity contribution is 0.0187. The molecule has 90 valence electrons. The number of carbonyl (C=O) groups is 1. The lowest BCUT2D eigenvalue weighted by Crippen LogP contribution is -2.51. The van der Waals surface area contributed by atoms with Crippen molar-refractivity contribution in [3.63, 3.8) is 0 Å². The largest absolute Gasteiger partial charge is 0.450 e. The van der Waals surface area contributed by atoms with Gasteiger partial charge in [-0.3, -0.25) is 4.90 Å². The van der Waals surface area contributed by atoms with Crippen molar-refractivity contribution in [1.82, 2.24) is 4.90 Å². The van der Waals surface area contributed by atoms with Crippen LogP contribution in [0.4, 0.5) is 4.79 Å². The molecule has 3 rings (SSSR count). The zero-order chi connectivity index (χ0) is 11.3. The van der Waals surface area contributed by atoms with E-state index in [0.29, 0.717) is 19.1 Å². The van der Waals surface area contributed by atoms with E-state index < -0.39 is 0 Å². The fourth-order valence-corrected chi connectivity index (χ4v) is 3.25. The van der Waals surface area contributed by atoms with E-state index in [1.807, 2.05) is 11.8 Å². The first-order valence-electron chi connectivity index (χ1n) is 6.06. The molecule has 4 unspecified atom stereocenters. The monoisotopic (exact) mass is 226 g/mol. The van der Waals surface area contributed by atoms with Gasteiger partial charge in [0.25, 0.3) is 0 Å². The first kappa shape index (κ1) is 10.4. The Labute approximate surface area is 94.9 Å². The van der Waals surface area contributed by atoms with Gasteiger partial charge in [0.15, 0.2) is 0 Å². The van der Waals surface area contributed by atoms with Crippen molar-refractivity contribution >= 4 is 6.09 Å². The topological polar surface area (TPSA) is 68.1 Å². The van der Waals surface area contributed by atoms with Crippen LogP contribution < -0.4 is 5.73 Å². The predicted molar refractivity (Wildman–Crippen MR) is 56.9 cm³/mol. The molecule has 3 heterocycles. The van der Waals surface area contributed by atoms with E-state index in [1.54, 1.807) is 0 Å². The van der Waals surface area contributed by atoms with Crippen LogP contribution in [0, 0.1) is 5.92 Å². The summed E-state index contributed by atoms with van der Waals surface area (Å²) in [5.74, 6) is 0.539. The summed E-state index contributed by atoms with van der Waals surface area (Å²) in [5.41, 5.74) is 5.72. The fraction of sp³-hybridized carbons (Fsp3) is 0.909. The van der Waals surface area contributed by atoms with Gasteiger partial charge >= 0.3 is 6.09 Å². The quantitative estimate of drug-likeness (QED) is 0.689. The smallest absolute Gasteiger partial charge is 0.410 e. The summed E-state index contributed by atoms with van der Waals surface area (Å²) in [4.78, 5) is 13.7. The summed E-state index contributed by atoms with van der Waals surface area (Å²) in [6, 6.07) is 0.410. The summed E-state index contributed by atoms with van der Waals surface area (Å²) in [7, 11) is 0. The second-order valence-electron chi connectivity index (χ2n) is 4.88. The molecule has 2 N–H and O–H groups in total. The molecule has 16 heavy (non-hydrogen) atoms. The lowest BCUT2D eigenvalue weighted by Gasteiger charge is -2.39. The number of rotatable bonds is 2. The molecule has 0 saturated carbocycles. The molecular weight excluding hydrogens is 208 g/mol. The predicted octanol–water partition coefficient (Wildman–Crippen LogP) is 0.332. The Bertz CT molecular complexity index is 292. The van der Waals surface area contributed by atoms with Crippen LogP contribution in [0.15, 0.2) is 0 Å². The van der Waals surface area contributed by atoms with Crippen LogP contribution in [0.1, 0.15) is 19.8 Å². The average molecular weight is 226 g/mol. The van der Waals surface area contributed by atoms with Crippen molar-refractivity contribution in [2.75, 3.05) is 13.2 Å². The Morgan fingerprint density at radius 1 is 1.44 bits per heavy atom. The summed E-state index contributed by atoms with van der Waals surface area (Å²) < 4.78 is 10.7. The molecule has 0 spiro atoms. The van der Waals surface area contributed by atoms with E-state index in [4.69, 9.17) is 15.2 Å². The van der Waals surface area contributed by atoms with Gasteiger partial charge in [0.2, 0.25) is 0 Å². The van der Waals surface area contributed by atoms with E-state index in [9.17, 15) is 4.79 Å². The van der Waals surface area contributed by atoms with Crippen molar-refractivity contribution in [2.24, 2.45) is 11.7 Å². The van der Waals surface area contributed by atoms with Crippen LogP contribution in [-0.2, 0) is 9.47 Å². The maximum Gasteiger partial charge on any atom is 0.410 e. The third-order valence-electron chi connectivity index (χ3n) is 4.00. The molecule has 2 bridgehead atoms. The maximum absolute atomic E-state index is 11.8. The standard InChI is InChI=1S/C11H18N2O3/c1-2-15-11(14)13-7-3-6(5-12)4-8(13)10-9(7)16-10/h6-10H,2-5,12H2,1H3. The fourth-order valence-electron chi connectivity index (χ4n) is 3.25. The summed E-state index contributed by atoms with van der Waals surface area (Å²) in [6.07, 6.45) is 2.26. The van der Waals surface area contributed by atoms with E-state index in [-0.39, 0.29) is 30.4 Å². The number of nitrogens with two attached hydrogens (primary N) is 1. The van der Waals surface area contributed by atoms with Crippen LogP contribution >= 0.6 is 0 Å². The number of epoxide rings is 1. The van der Waals surface area contributed by atoms with Crippen LogP contribution in [0.3, 0.4) is 0 Å². The summed E-state index contributed by atoms with van der Waals surface area (Å²) in [5, 5.41) is 0. The summed E-state index contributed by atoms with van der Waals surface area (Å²) in [6.45, 7) is 2.98. The molecule has 0 radical (unpaired) electrons. The number of hydrogen-bond donors (Lipinski definition) is 1. The number of fused-ring (bicyclic) bond motifs is 5. The number of amides is 1. The molecule has 1 amide bonds. The molecule has 0 aliphatic carbocycles. The van der Waals surface area contributed by atoms with Gasteiger partial charge in [-0.25, -0.2) is 4.79 Å². The zero-order valence-corrected chi connectivity index (χ0v) is 9.46. The first-order valence-corrected chi connectivity index (χ1v) is 6.06. The summed E-state index contributed by atoms with van der Waals surface area (Å²) >= 11 is 0. The molecule has 3 saturated heterocycles. The van der Waals surface area contributed by atoms with Crippen LogP contribution in [0.25, 0.3) is 0 Å². The first-order chi connectivity index (χ1) is 7.76. The molecule has 5 nitrogen and oxygen atoms in total. The second kappa shape index (κ2) is 3.60. The molecule has 5 heteroatoms. The van der Waals surface area contributed by atoms with Crippen LogP contribution in [0.5, 0.6) is 0 Å². The minimum absolute atomic E-state index is 0.177. The normalized spacial score (nSPS) is 44.1. The number of carbonyl (C=O) groups excluding carboxylic acids is 1. The van der Waals surface area contributed by atoms with Gasteiger partial charge in [-0.05, 0) is 32.2 Å². The molecule has 3 aliphatic heterocycles. The highest BCUT2D eigenvalue weighted by atomic mass is 16.6. The van der Waals surface area contributed by atoms with Gasteiger partial charge in [0, 0.05) is 0 Å². The highest BCUT2D eigenvalue weighted by molar-refractivity contribution is 5.70. The van der Waals surface area contributed by atoms with E-state index in [0.717, 1.165) is 12.8 Å². The van der Waals surface area contributed by atoms with E-state index in [1.165, 1.54) is 0 Å². The van der Waals surface area contributed by atoms with Crippen LogP contribution in [0.2, 0.25) is 0 Å². The minimum atomic E-state index is -0.177. The van der Waals surface area contributed by atoms with Gasteiger partial charge in [-0.15, -0.1) is 0 Å². The Hall–Kier alpha value is -0.810. The van der Waals surface area contributed by atoms with Gasteiger partial charge in [-0.1, -0.05) is 0 Å². The van der Waals surface area contributed by atoms with Crippen molar-refractivity contribution in [3.8, 4) is 0 Å². The van der Waals surface area contributed by atoms with E-state index >= 15 is 0 Å². The van der Waals surface area contributed by atoms with Gasteiger partial charge in [-0.2, -0.15) is 0 Å². The highest BCUT2D eigenvalue weighted by Crippen LogP contribution is 2.49. The molecule has 3 fully saturated rings. The second-order valence-corrected chi connectivity index (χ2v) is 4.88. The highest BCUT2D eigenvalue weighted by Gasteiger charge is 2.65. The average Bonchev–Trinajstić information content (AvgIpc) is 3.03. The van der Waals surface area contributed by atoms with Gasteiger partial charge in [0.05, 0.1) is 18.7 Å². The van der Waals surface area contributed by atoms with Crippen molar-refractivity contribution in [3.05, 3.63) is 0 Å². The third kappa shape index (κ3) is 1.34. The van der Waals surface area contributed by atoms with E-state index in [2.05, 4.69) is 0 Å². The van der Waals surface area contributed by atoms with Crippen molar-refractivity contribution in [1.29, 1.82) is 0 Å². The van der Waals surface area contributed by atoms with Crippen molar-refractivity contribution in [2.45, 2.75) is 44.1 Å². The molecule has 3 aliphatic rings.